The van der Waals surface area contributed by atoms with Crippen LogP contribution in [0.5, 0.6) is 5.75 Å². The molecule has 1 saturated heterocycles. The summed E-state index contributed by atoms with van der Waals surface area (Å²) in [5.74, 6) is 1.42. The van der Waals surface area contributed by atoms with E-state index in [1.807, 2.05) is 25.1 Å². The van der Waals surface area contributed by atoms with Crippen LogP contribution in [0.15, 0.2) is 24.8 Å². The molecule has 0 bridgehead atoms. The van der Waals surface area contributed by atoms with Crippen LogP contribution in [0.1, 0.15) is 25.3 Å². The summed E-state index contributed by atoms with van der Waals surface area (Å²) in [4.78, 5) is 0. The van der Waals surface area contributed by atoms with Crippen LogP contribution < -0.4 is 10.1 Å². The number of hydrogen-bond acceptors (Lipinski definition) is 2. The average molecular weight is 266 g/mol. The number of ether oxygens (including phenoxy) is 1. The minimum atomic E-state index is 0.642. The standard InChI is InChI=1S/C15H20ClNO/c1-11(2)13-3-4-15(14(16)9-13)18-10-12-5-7-17-8-6-12/h3-4,9,12,17H,1,5-8,10H2,2H3. The van der Waals surface area contributed by atoms with Crippen LogP contribution in [0.4, 0.5) is 0 Å². The van der Waals surface area contributed by atoms with Gasteiger partial charge in [-0.25, -0.2) is 0 Å². The highest BCUT2D eigenvalue weighted by Crippen LogP contribution is 2.28. The molecule has 0 aromatic heterocycles. The number of nitrogens with one attached hydrogen (secondary N) is 1. The van der Waals surface area contributed by atoms with Gasteiger partial charge in [0, 0.05) is 0 Å². The zero-order valence-corrected chi connectivity index (χ0v) is 11.6. The van der Waals surface area contributed by atoms with E-state index in [9.17, 15) is 0 Å². The van der Waals surface area contributed by atoms with Gasteiger partial charge >= 0.3 is 0 Å². The number of piperidine rings is 1. The minimum Gasteiger partial charge on any atom is -0.492 e. The van der Waals surface area contributed by atoms with Crippen molar-refractivity contribution in [3.63, 3.8) is 0 Å². The molecule has 1 fully saturated rings. The van der Waals surface area contributed by atoms with Crippen LogP contribution in [0, 0.1) is 5.92 Å². The Balaban J connectivity index is 1.94. The summed E-state index contributed by atoms with van der Waals surface area (Å²) in [7, 11) is 0. The third-order valence-corrected chi connectivity index (χ3v) is 3.65. The van der Waals surface area contributed by atoms with Crippen molar-refractivity contribution in [2.24, 2.45) is 5.92 Å². The molecule has 98 valence electrons. The van der Waals surface area contributed by atoms with E-state index < -0.39 is 0 Å². The molecule has 1 aromatic carbocycles. The first-order chi connectivity index (χ1) is 8.66. The molecule has 1 heterocycles. The fourth-order valence-electron chi connectivity index (χ4n) is 2.14. The van der Waals surface area contributed by atoms with E-state index in [0.29, 0.717) is 10.9 Å². The maximum Gasteiger partial charge on any atom is 0.137 e. The van der Waals surface area contributed by atoms with E-state index in [0.717, 1.165) is 36.6 Å². The lowest BCUT2D eigenvalue weighted by Gasteiger charge is -2.23. The van der Waals surface area contributed by atoms with Crippen molar-refractivity contribution in [3.8, 4) is 5.75 Å². The summed E-state index contributed by atoms with van der Waals surface area (Å²) >= 11 is 6.21. The topological polar surface area (TPSA) is 21.3 Å². The number of allylic oxidation sites excluding steroid dienone is 1. The Morgan fingerprint density at radius 3 is 2.78 bits per heavy atom. The molecule has 2 rings (SSSR count). The molecule has 0 saturated carbocycles. The van der Waals surface area contributed by atoms with Gasteiger partial charge in [0.2, 0.25) is 0 Å². The molecule has 0 spiro atoms. The Hall–Kier alpha value is -0.990. The molecule has 0 radical (unpaired) electrons. The lowest BCUT2D eigenvalue weighted by Crippen LogP contribution is -2.30. The maximum atomic E-state index is 6.21. The van der Waals surface area contributed by atoms with Crippen molar-refractivity contribution < 1.29 is 4.74 Å². The van der Waals surface area contributed by atoms with Gasteiger partial charge < -0.3 is 10.1 Å². The Bertz CT molecular complexity index is 425. The lowest BCUT2D eigenvalue weighted by molar-refractivity contribution is 0.215. The number of hydrogen-bond donors (Lipinski definition) is 1. The van der Waals surface area contributed by atoms with Crippen molar-refractivity contribution in [1.82, 2.24) is 5.32 Å². The second kappa shape index (κ2) is 6.26. The number of benzene rings is 1. The highest BCUT2D eigenvalue weighted by atomic mass is 35.5. The van der Waals surface area contributed by atoms with Gasteiger partial charge in [0.1, 0.15) is 5.75 Å². The summed E-state index contributed by atoms with van der Waals surface area (Å²) in [6, 6.07) is 5.86. The molecule has 18 heavy (non-hydrogen) atoms. The van der Waals surface area contributed by atoms with Gasteiger partial charge in [0.15, 0.2) is 0 Å². The van der Waals surface area contributed by atoms with Crippen LogP contribution in [0.2, 0.25) is 5.02 Å². The van der Waals surface area contributed by atoms with Crippen LogP contribution in [0.3, 0.4) is 0 Å². The van der Waals surface area contributed by atoms with Gasteiger partial charge in [-0.3, -0.25) is 0 Å². The summed E-state index contributed by atoms with van der Waals surface area (Å²) in [6.07, 6.45) is 2.36. The summed E-state index contributed by atoms with van der Waals surface area (Å²) in [6.45, 7) is 8.83. The molecule has 3 heteroatoms. The van der Waals surface area contributed by atoms with Gasteiger partial charge in [-0.2, -0.15) is 0 Å². The Kier molecular flexibility index (Phi) is 4.67. The van der Waals surface area contributed by atoms with Gasteiger partial charge in [0.05, 0.1) is 11.6 Å². The highest BCUT2D eigenvalue weighted by Gasteiger charge is 2.14. The third-order valence-electron chi connectivity index (χ3n) is 3.36. The van der Waals surface area contributed by atoms with Gasteiger partial charge in [-0.05, 0) is 56.5 Å². The molecule has 0 atom stereocenters. The fraction of sp³-hybridized carbons (Fsp3) is 0.467. The van der Waals surface area contributed by atoms with Crippen LogP contribution in [0.25, 0.3) is 5.57 Å². The quantitative estimate of drug-likeness (QED) is 0.895. The van der Waals surface area contributed by atoms with Gasteiger partial charge in [-0.1, -0.05) is 29.8 Å². The van der Waals surface area contributed by atoms with Crippen molar-refractivity contribution in [3.05, 3.63) is 35.4 Å². The van der Waals surface area contributed by atoms with Crippen LogP contribution >= 0.6 is 11.6 Å². The summed E-state index contributed by atoms with van der Waals surface area (Å²) < 4.78 is 5.82. The van der Waals surface area contributed by atoms with Gasteiger partial charge in [-0.15, -0.1) is 0 Å². The molecule has 0 amide bonds. The normalized spacial score (nSPS) is 16.6. The van der Waals surface area contributed by atoms with E-state index in [-0.39, 0.29) is 0 Å². The van der Waals surface area contributed by atoms with Crippen molar-refractivity contribution >= 4 is 17.2 Å². The van der Waals surface area contributed by atoms with E-state index in [1.54, 1.807) is 0 Å². The smallest absolute Gasteiger partial charge is 0.137 e. The molecular formula is C15H20ClNO. The molecule has 0 unspecified atom stereocenters. The number of rotatable bonds is 4. The Morgan fingerprint density at radius 1 is 1.44 bits per heavy atom. The first-order valence-electron chi connectivity index (χ1n) is 6.46. The second-order valence-corrected chi connectivity index (χ2v) is 5.34. The zero-order valence-electron chi connectivity index (χ0n) is 10.8. The lowest BCUT2D eigenvalue weighted by atomic mass is 9.99. The predicted octanol–water partition coefficient (Wildman–Crippen LogP) is 3.75. The predicted molar refractivity (Wildman–Crippen MR) is 77.2 cm³/mol. The van der Waals surface area contributed by atoms with E-state index in [2.05, 4.69) is 11.9 Å². The molecule has 1 aromatic rings. The number of halogens is 1. The molecule has 2 nitrogen and oxygen atoms in total. The average Bonchev–Trinajstić information content (AvgIpc) is 2.38. The highest BCUT2D eigenvalue weighted by molar-refractivity contribution is 6.32. The van der Waals surface area contributed by atoms with Crippen LogP contribution in [-0.2, 0) is 0 Å². The molecule has 1 N–H and O–H groups in total. The minimum absolute atomic E-state index is 0.642. The van der Waals surface area contributed by atoms with Crippen molar-refractivity contribution in [2.75, 3.05) is 19.7 Å². The molecule has 1 aliphatic heterocycles. The Labute approximate surface area is 114 Å². The first-order valence-corrected chi connectivity index (χ1v) is 6.83. The first kappa shape index (κ1) is 13.4. The molecule has 0 aliphatic carbocycles. The fourth-order valence-corrected chi connectivity index (χ4v) is 2.37. The van der Waals surface area contributed by atoms with E-state index in [4.69, 9.17) is 16.3 Å². The monoisotopic (exact) mass is 265 g/mol. The van der Waals surface area contributed by atoms with E-state index >= 15 is 0 Å². The SMILES string of the molecule is C=C(C)c1ccc(OCC2CCNCC2)c(Cl)c1. The van der Waals surface area contributed by atoms with E-state index in [1.165, 1.54) is 12.8 Å². The largest absolute Gasteiger partial charge is 0.492 e. The second-order valence-electron chi connectivity index (χ2n) is 4.93. The zero-order chi connectivity index (χ0) is 13.0. The Morgan fingerprint density at radius 2 is 2.17 bits per heavy atom. The summed E-state index contributed by atoms with van der Waals surface area (Å²) in [5, 5.41) is 4.02. The molecule has 1 aliphatic rings. The third kappa shape index (κ3) is 3.50. The van der Waals surface area contributed by atoms with Crippen molar-refractivity contribution in [2.45, 2.75) is 19.8 Å². The maximum absolute atomic E-state index is 6.21. The van der Waals surface area contributed by atoms with Crippen molar-refractivity contribution in [1.29, 1.82) is 0 Å². The summed E-state index contributed by atoms with van der Waals surface area (Å²) in [5.41, 5.74) is 2.08. The van der Waals surface area contributed by atoms with Gasteiger partial charge in [0.25, 0.3) is 0 Å². The van der Waals surface area contributed by atoms with Crippen LogP contribution in [-0.4, -0.2) is 19.7 Å². The molecular weight excluding hydrogens is 246 g/mol.